The van der Waals surface area contributed by atoms with Crippen LogP contribution >= 0.6 is 0 Å². The fraction of sp³-hybridized carbons (Fsp3) is 0.367. The van der Waals surface area contributed by atoms with Crippen molar-refractivity contribution in [2.24, 2.45) is 4.99 Å². The van der Waals surface area contributed by atoms with Gasteiger partial charge in [0.05, 0.1) is 12.1 Å². The standard InChI is InChI=1S/C60H74N4O6Si2/c1-71(2,3)35-33-65-46-69-58-56(39-48-21-11-7-12-22-48)63(41-52-29-19-31-54(37-52)67-43-50-25-15-9-16-26-50)60(62-45-61)64(42-53-30-20-32-55(38-53)68-44-51-27-17-10-18-28-51)57(40-49-23-13-8-14-24-49)59(58)70-47-66-34-36-72(4,5)6/h7-32,37-38,56-59H,33-36,39-44,46-47H2,1-6H3/t56-,57-,58+,59+/m1/s1. The second-order valence-electron chi connectivity index (χ2n) is 21.1. The van der Waals surface area contributed by atoms with Gasteiger partial charge in [0.25, 0.3) is 0 Å². The number of benzene rings is 6. The molecular formula is C60H74N4O6Si2. The molecule has 1 fully saturated rings. The van der Waals surface area contributed by atoms with Crippen molar-refractivity contribution in [3.8, 4) is 17.7 Å². The molecule has 6 aromatic carbocycles. The summed E-state index contributed by atoms with van der Waals surface area (Å²) in [6.45, 7) is 17.1. The summed E-state index contributed by atoms with van der Waals surface area (Å²) in [6, 6.07) is 59.0. The van der Waals surface area contributed by atoms with Gasteiger partial charge in [-0.1, -0.05) is 185 Å². The molecule has 0 aliphatic carbocycles. The van der Waals surface area contributed by atoms with Crippen LogP contribution in [0.4, 0.5) is 0 Å². The molecule has 0 radical (unpaired) electrons. The number of aliphatic imine (C=N–C) groups is 1. The topological polar surface area (TPSA) is 98.0 Å². The summed E-state index contributed by atoms with van der Waals surface area (Å²) in [7, 11) is -2.80. The van der Waals surface area contributed by atoms with Crippen LogP contribution in [0.25, 0.3) is 0 Å². The van der Waals surface area contributed by atoms with Crippen LogP contribution in [0.1, 0.15) is 33.4 Å². The Balaban J connectivity index is 1.37. The second kappa shape index (κ2) is 27.1. The summed E-state index contributed by atoms with van der Waals surface area (Å²) in [4.78, 5) is 9.40. The molecule has 0 amide bonds. The van der Waals surface area contributed by atoms with E-state index in [2.05, 4.69) is 152 Å². The number of rotatable bonds is 26. The maximum Gasteiger partial charge on any atom is 0.213 e. The normalized spacial score (nSPS) is 17.3. The van der Waals surface area contributed by atoms with Gasteiger partial charge in [-0.15, -0.1) is 4.99 Å². The molecule has 0 bridgehead atoms. The highest BCUT2D eigenvalue weighted by molar-refractivity contribution is 6.76. The predicted molar refractivity (Wildman–Crippen MR) is 294 cm³/mol. The summed E-state index contributed by atoms with van der Waals surface area (Å²) >= 11 is 0. The average molecular weight is 1000 g/mol. The molecule has 1 aliphatic rings. The van der Waals surface area contributed by atoms with E-state index in [-0.39, 0.29) is 13.6 Å². The third-order valence-electron chi connectivity index (χ3n) is 12.8. The summed E-state index contributed by atoms with van der Waals surface area (Å²) < 4.78 is 40.1. The molecule has 7 rings (SSSR count). The number of hydrogen-bond acceptors (Lipinski definition) is 8. The van der Waals surface area contributed by atoms with Crippen molar-refractivity contribution in [3.63, 3.8) is 0 Å². The lowest BCUT2D eigenvalue weighted by Gasteiger charge is -2.39. The van der Waals surface area contributed by atoms with Gasteiger partial charge in [0.2, 0.25) is 12.2 Å². The molecule has 0 spiro atoms. The van der Waals surface area contributed by atoms with Crippen LogP contribution in [-0.4, -0.2) is 83.0 Å². The van der Waals surface area contributed by atoms with E-state index >= 15 is 0 Å². The van der Waals surface area contributed by atoms with Crippen LogP contribution in [0.2, 0.25) is 51.4 Å². The third-order valence-corrected chi connectivity index (χ3v) is 16.2. The molecule has 1 aliphatic heterocycles. The summed E-state index contributed by atoms with van der Waals surface area (Å²) in [5, 5.41) is 10.9. The summed E-state index contributed by atoms with van der Waals surface area (Å²) in [5.74, 6) is 2.01. The van der Waals surface area contributed by atoms with Gasteiger partial charge in [0.15, 0.2) is 0 Å². The van der Waals surface area contributed by atoms with Gasteiger partial charge in [0.1, 0.15) is 50.5 Å². The lowest BCUT2D eigenvalue weighted by Crippen LogP contribution is -2.53. The van der Waals surface area contributed by atoms with Crippen molar-refractivity contribution in [2.75, 3.05) is 26.8 Å². The van der Waals surface area contributed by atoms with Gasteiger partial charge in [-0.3, -0.25) is 0 Å². The molecule has 0 saturated carbocycles. The number of nitriles is 1. The van der Waals surface area contributed by atoms with Gasteiger partial charge in [0, 0.05) is 42.5 Å². The number of guanidine groups is 1. The first-order valence-corrected chi connectivity index (χ1v) is 32.8. The van der Waals surface area contributed by atoms with E-state index in [0.29, 0.717) is 58.3 Å². The van der Waals surface area contributed by atoms with E-state index in [9.17, 15) is 5.26 Å². The van der Waals surface area contributed by atoms with Crippen LogP contribution in [0.5, 0.6) is 11.5 Å². The average Bonchev–Trinajstić information content (AvgIpc) is 3.45. The summed E-state index contributed by atoms with van der Waals surface area (Å²) in [5.41, 5.74) is 6.36. The monoisotopic (exact) mass is 1000 g/mol. The van der Waals surface area contributed by atoms with Crippen molar-refractivity contribution in [2.45, 2.75) is 115 Å². The van der Waals surface area contributed by atoms with E-state index in [1.54, 1.807) is 0 Å². The molecule has 1 heterocycles. The zero-order valence-electron chi connectivity index (χ0n) is 43.2. The minimum Gasteiger partial charge on any atom is -0.489 e. The van der Waals surface area contributed by atoms with Crippen molar-refractivity contribution in [1.82, 2.24) is 9.80 Å². The van der Waals surface area contributed by atoms with Crippen LogP contribution in [0.3, 0.4) is 0 Å². The van der Waals surface area contributed by atoms with Crippen molar-refractivity contribution >= 4 is 22.1 Å². The maximum absolute atomic E-state index is 10.9. The van der Waals surface area contributed by atoms with Crippen LogP contribution in [0, 0.1) is 11.5 Å². The Labute approximate surface area is 431 Å². The Morgan fingerprint density at radius 1 is 0.472 bits per heavy atom. The zero-order valence-corrected chi connectivity index (χ0v) is 45.2. The molecule has 0 N–H and O–H groups in total. The number of ether oxygens (including phenoxy) is 6. The van der Waals surface area contributed by atoms with Crippen LogP contribution in [0.15, 0.2) is 175 Å². The molecule has 72 heavy (non-hydrogen) atoms. The largest absolute Gasteiger partial charge is 0.489 e. The SMILES string of the molecule is C[Si](C)(C)CCOCO[C@@H]1[C@@H](OCOCC[Si](C)(C)C)[C@@H](Cc2ccccc2)N(Cc2cccc(OCc3ccccc3)c2)C(=NC#N)N(Cc2cccc(OCc3ccccc3)c2)[C@@H]1Cc1ccccc1. The van der Waals surface area contributed by atoms with E-state index in [0.717, 1.165) is 57.0 Å². The zero-order chi connectivity index (χ0) is 50.6. The molecule has 0 unspecified atom stereocenters. The first-order valence-electron chi connectivity index (χ1n) is 25.4. The first-order chi connectivity index (χ1) is 34.9. The van der Waals surface area contributed by atoms with Gasteiger partial charge < -0.3 is 38.2 Å². The fourth-order valence-electron chi connectivity index (χ4n) is 8.85. The molecule has 6 aromatic rings. The van der Waals surface area contributed by atoms with Gasteiger partial charge in [-0.05, 0) is 82.6 Å². The first kappa shape index (κ1) is 53.7. The smallest absolute Gasteiger partial charge is 0.213 e. The van der Waals surface area contributed by atoms with Crippen molar-refractivity contribution in [1.29, 1.82) is 5.26 Å². The van der Waals surface area contributed by atoms with Gasteiger partial charge in [-0.2, -0.15) is 5.26 Å². The number of hydrogen-bond donors (Lipinski definition) is 0. The van der Waals surface area contributed by atoms with Crippen molar-refractivity contribution < 1.29 is 28.4 Å². The Morgan fingerprint density at radius 2 is 0.833 bits per heavy atom. The Bertz CT molecular complexity index is 2420. The minimum atomic E-state index is -1.40. The molecule has 4 atom stereocenters. The Hall–Kier alpha value is -6.05. The van der Waals surface area contributed by atoms with Crippen LogP contribution < -0.4 is 9.47 Å². The van der Waals surface area contributed by atoms with Crippen LogP contribution in [-0.2, 0) is 58.1 Å². The quantitative estimate of drug-likeness (QED) is 0.0228. The molecule has 10 nitrogen and oxygen atoms in total. The van der Waals surface area contributed by atoms with Crippen molar-refractivity contribution in [3.05, 3.63) is 203 Å². The predicted octanol–water partition coefficient (Wildman–Crippen LogP) is 12.6. The lowest BCUT2D eigenvalue weighted by atomic mass is 9.90. The third kappa shape index (κ3) is 17.3. The van der Waals surface area contributed by atoms with E-state index < -0.39 is 40.4 Å². The van der Waals surface area contributed by atoms with E-state index in [4.69, 9.17) is 33.4 Å². The highest BCUT2D eigenvalue weighted by Gasteiger charge is 2.48. The molecule has 378 valence electrons. The molecular weight excluding hydrogens is 929 g/mol. The van der Waals surface area contributed by atoms with E-state index in [1.807, 2.05) is 72.8 Å². The maximum atomic E-state index is 10.9. The highest BCUT2D eigenvalue weighted by atomic mass is 28.3. The molecule has 12 heteroatoms. The van der Waals surface area contributed by atoms with Gasteiger partial charge in [-0.25, -0.2) is 0 Å². The second-order valence-corrected chi connectivity index (χ2v) is 32.3. The lowest BCUT2D eigenvalue weighted by molar-refractivity contribution is -0.188. The fourth-order valence-corrected chi connectivity index (χ4v) is 10.4. The molecule has 0 aromatic heterocycles. The van der Waals surface area contributed by atoms with E-state index in [1.165, 1.54) is 0 Å². The Morgan fingerprint density at radius 3 is 1.19 bits per heavy atom. The number of nitrogens with zero attached hydrogens (tertiary/aromatic N) is 4. The molecule has 1 saturated heterocycles. The van der Waals surface area contributed by atoms with Gasteiger partial charge >= 0.3 is 0 Å². The Kier molecular flexibility index (Phi) is 20.3. The minimum absolute atomic E-state index is 0.0665. The summed E-state index contributed by atoms with van der Waals surface area (Å²) in [6.07, 6.45) is 2.19. The highest BCUT2D eigenvalue weighted by Crippen LogP contribution is 2.34.